The van der Waals surface area contributed by atoms with Gasteiger partial charge in [-0.15, -0.1) is 0 Å². The second kappa shape index (κ2) is 11.3. The van der Waals surface area contributed by atoms with Crippen LogP contribution in [-0.4, -0.2) is 85.6 Å². The van der Waals surface area contributed by atoms with E-state index in [9.17, 15) is 22.4 Å². The highest BCUT2D eigenvalue weighted by molar-refractivity contribution is 5.76. The third-order valence-corrected chi connectivity index (χ3v) is 6.20. The first-order valence-electron chi connectivity index (χ1n) is 10.8. The summed E-state index contributed by atoms with van der Waals surface area (Å²) in [6.45, 7) is 6.98. The number of likely N-dealkylation sites (tertiary alicyclic amines) is 1. The fourth-order valence-electron chi connectivity index (χ4n) is 4.55. The minimum Gasteiger partial charge on any atom is -0.475 e. The molecule has 3 heterocycles. The Morgan fingerprint density at radius 3 is 2.27 bits per heavy atom. The molecule has 11 heteroatoms. The number of ether oxygens (including phenoxy) is 2. The molecule has 3 aliphatic rings. The number of nitrogens with zero attached hydrogens (tertiary/aromatic N) is 2. The molecule has 0 saturated carbocycles. The molecule has 0 unspecified atom stereocenters. The summed E-state index contributed by atoms with van der Waals surface area (Å²) in [5.74, 6) is -1.42. The number of carbonyl (C=O) groups excluding carboxylic acids is 1. The van der Waals surface area contributed by atoms with E-state index in [0.29, 0.717) is 57.1 Å². The minimum absolute atomic E-state index is 0.195. The van der Waals surface area contributed by atoms with Crippen LogP contribution in [0.15, 0.2) is 24.3 Å². The van der Waals surface area contributed by atoms with Crippen molar-refractivity contribution in [3.8, 4) is 0 Å². The van der Waals surface area contributed by atoms with Crippen molar-refractivity contribution in [3.63, 3.8) is 0 Å². The van der Waals surface area contributed by atoms with Gasteiger partial charge in [0.05, 0.1) is 26.4 Å². The molecule has 3 fully saturated rings. The summed E-state index contributed by atoms with van der Waals surface area (Å²) in [4.78, 5) is 25.9. The van der Waals surface area contributed by atoms with E-state index in [-0.39, 0.29) is 11.7 Å². The normalized spacial score (nSPS) is 25.7. The Balaban J connectivity index is 0.000000383. The molecule has 1 aromatic rings. The predicted octanol–water partition coefficient (Wildman–Crippen LogP) is 2.40. The first-order valence-corrected chi connectivity index (χ1v) is 10.8. The maximum absolute atomic E-state index is 13.1. The Morgan fingerprint density at radius 1 is 1.03 bits per heavy atom. The van der Waals surface area contributed by atoms with Crippen LogP contribution in [0.4, 0.5) is 17.6 Å². The molecule has 4 rings (SSSR count). The molecule has 1 aromatic carbocycles. The highest BCUT2D eigenvalue weighted by Crippen LogP contribution is 2.36. The number of hydrogen-bond acceptors (Lipinski definition) is 5. The first kappa shape index (κ1) is 25.4. The largest absolute Gasteiger partial charge is 0.490 e. The van der Waals surface area contributed by atoms with Gasteiger partial charge in [0.2, 0.25) is 5.91 Å². The van der Waals surface area contributed by atoms with E-state index in [1.165, 1.54) is 12.1 Å². The lowest BCUT2D eigenvalue weighted by Crippen LogP contribution is -2.44. The highest BCUT2D eigenvalue weighted by atomic mass is 19.4. The van der Waals surface area contributed by atoms with Crippen molar-refractivity contribution in [2.75, 3.05) is 52.6 Å². The SMILES string of the molecule is O=C(C[C@@H]1COC[C@H]2CN(Cc3ccc(F)cc3)C[C@@H]12)N1CCOCC1.O=C(O)C(F)(F)F. The second-order valence-corrected chi connectivity index (χ2v) is 8.54. The lowest BCUT2D eigenvalue weighted by atomic mass is 9.81. The van der Waals surface area contributed by atoms with Gasteiger partial charge in [0.1, 0.15) is 5.82 Å². The van der Waals surface area contributed by atoms with Gasteiger partial charge in [-0.2, -0.15) is 13.2 Å². The third kappa shape index (κ3) is 7.38. The number of alkyl halides is 3. The Morgan fingerprint density at radius 2 is 1.67 bits per heavy atom. The van der Waals surface area contributed by atoms with Crippen LogP contribution in [-0.2, 0) is 25.6 Å². The number of benzene rings is 1. The monoisotopic (exact) mass is 476 g/mol. The first-order chi connectivity index (χ1) is 15.6. The average Bonchev–Trinajstić information content (AvgIpc) is 3.19. The quantitative estimate of drug-likeness (QED) is 0.673. The van der Waals surface area contributed by atoms with Crippen LogP contribution in [0, 0.1) is 23.6 Å². The average molecular weight is 476 g/mol. The zero-order valence-electron chi connectivity index (χ0n) is 18.1. The molecule has 7 nitrogen and oxygen atoms in total. The lowest BCUT2D eigenvalue weighted by molar-refractivity contribution is -0.192. The molecule has 0 aliphatic carbocycles. The predicted molar refractivity (Wildman–Crippen MR) is 109 cm³/mol. The number of aliphatic carboxylic acids is 1. The number of carbonyl (C=O) groups is 2. The Bertz CT molecular complexity index is 799. The van der Waals surface area contributed by atoms with E-state index in [4.69, 9.17) is 19.4 Å². The summed E-state index contributed by atoms with van der Waals surface area (Å²) in [6.07, 6.45) is -4.51. The van der Waals surface area contributed by atoms with Gasteiger partial charge in [0.25, 0.3) is 0 Å². The van der Waals surface area contributed by atoms with Crippen molar-refractivity contribution in [1.29, 1.82) is 0 Å². The van der Waals surface area contributed by atoms with Gasteiger partial charge in [0, 0.05) is 39.1 Å². The van der Waals surface area contributed by atoms with E-state index in [2.05, 4.69) is 4.90 Å². The van der Waals surface area contributed by atoms with Crippen LogP contribution < -0.4 is 0 Å². The molecule has 1 N–H and O–H groups in total. The van der Waals surface area contributed by atoms with Gasteiger partial charge in [-0.25, -0.2) is 9.18 Å². The smallest absolute Gasteiger partial charge is 0.475 e. The van der Waals surface area contributed by atoms with Crippen molar-refractivity contribution >= 4 is 11.9 Å². The van der Waals surface area contributed by atoms with Crippen molar-refractivity contribution < 1.29 is 41.7 Å². The lowest BCUT2D eigenvalue weighted by Gasteiger charge is -2.35. The minimum atomic E-state index is -5.08. The van der Waals surface area contributed by atoms with Gasteiger partial charge in [-0.3, -0.25) is 9.69 Å². The molecule has 33 heavy (non-hydrogen) atoms. The number of hydrogen-bond donors (Lipinski definition) is 1. The van der Waals surface area contributed by atoms with E-state index >= 15 is 0 Å². The molecule has 3 atom stereocenters. The van der Waals surface area contributed by atoms with Gasteiger partial charge >= 0.3 is 12.1 Å². The molecule has 0 aromatic heterocycles. The summed E-state index contributed by atoms with van der Waals surface area (Å²) in [5.41, 5.74) is 1.13. The van der Waals surface area contributed by atoms with Crippen molar-refractivity contribution in [2.24, 2.45) is 17.8 Å². The topological polar surface area (TPSA) is 79.3 Å². The summed E-state index contributed by atoms with van der Waals surface area (Å²) in [5, 5.41) is 7.12. The number of carboxylic acid groups (broad SMARTS) is 1. The van der Waals surface area contributed by atoms with Gasteiger partial charge in [-0.05, 0) is 35.4 Å². The standard InChI is InChI=1S/C20H27FN2O3.C2HF3O2/c21-18-3-1-15(2-4-18)10-22-11-17-14-26-13-16(19(17)12-22)9-20(24)23-5-7-25-8-6-23;3-2(4,5)1(6)7/h1-4,16-17,19H,5-14H2;(H,6,7)/t16-,17-,19+;/m1./s1. The molecule has 0 spiro atoms. The van der Waals surface area contributed by atoms with Crippen LogP contribution in [0.25, 0.3) is 0 Å². The molecule has 184 valence electrons. The number of rotatable bonds is 4. The summed E-state index contributed by atoms with van der Waals surface area (Å²) in [7, 11) is 0. The van der Waals surface area contributed by atoms with Crippen molar-refractivity contribution in [2.45, 2.75) is 19.1 Å². The molecule has 1 amide bonds. The summed E-state index contributed by atoms with van der Waals surface area (Å²) in [6, 6.07) is 6.75. The Hall–Kier alpha value is -2.24. The van der Waals surface area contributed by atoms with Crippen LogP contribution >= 0.6 is 0 Å². The van der Waals surface area contributed by atoms with E-state index in [0.717, 1.165) is 31.8 Å². The molecule has 3 saturated heterocycles. The molecule has 0 radical (unpaired) electrons. The van der Waals surface area contributed by atoms with Crippen LogP contribution in [0.2, 0.25) is 0 Å². The fraction of sp³-hybridized carbons (Fsp3) is 0.636. The Labute approximate surface area is 189 Å². The third-order valence-electron chi connectivity index (χ3n) is 6.20. The number of carboxylic acids is 1. The number of morpholine rings is 1. The van der Waals surface area contributed by atoms with Gasteiger partial charge < -0.3 is 19.5 Å². The molecular weight excluding hydrogens is 448 g/mol. The van der Waals surface area contributed by atoms with Crippen LogP contribution in [0.5, 0.6) is 0 Å². The number of halogens is 4. The zero-order valence-corrected chi connectivity index (χ0v) is 18.1. The Kier molecular flexibility index (Phi) is 8.66. The molecule has 3 aliphatic heterocycles. The maximum atomic E-state index is 13.1. The van der Waals surface area contributed by atoms with Gasteiger partial charge in [-0.1, -0.05) is 12.1 Å². The van der Waals surface area contributed by atoms with Gasteiger partial charge in [0.15, 0.2) is 0 Å². The summed E-state index contributed by atoms with van der Waals surface area (Å²) >= 11 is 0. The van der Waals surface area contributed by atoms with Crippen molar-refractivity contribution in [1.82, 2.24) is 9.80 Å². The van der Waals surface area contributed by atoms with Crippen LogP contribution in [0.1, 0.15) is 12.0 Å². The number of fused-ring (bicyclic) bond motifs is 1. The zero-order chi connectivity index (χ0) is 24.0. The van der Waals surface area contributed by atoms with Crippen molar-refractivity contribution in [3.05, 3.63) is 35.6 Å². The number of amides is 1. The van der Waals surface area contributed by atoms with E-state index in [1.807, 2.05) is 17.0 Å². The van der Waals surface area contributed by atoms with E-state index in [1.54, 1.807) is 0 Å². The summed E-state index contributed by atoms with van der Waals surface area (Å²) < 4.78 is 56.0. The van der Waals surface area contributed by atoms with E-state index < -0.39 is 12.1 Å². The second-order valence-electron chi connectivity index (χ2n) is 8.54. The fourth-order valence-corrected chi connectivity index (χ4v) is 4.55. The molecule has 0 bridgehead atoms. The van der Waals surface area contributed by atoms with Crippen LogP contribution in [0.3, 0.4) is 0 Å². The molecular formula is C22H28F4N2O5. The highest BCUT2D eigenvalue weighted by Gasteiger charge is 2.42. The maximum Gasteiger partial charge on any atom is 0.490 e.